The first-order valence-electron chi connectivity index (χ1n) is 6.89. The first kappa shape index (κ1) is 13.7. The van der Waals surface area contributed by atoms with Crippen molar-refractivity contribution in [2.24, 2.45) is 0 Å². The van der Waals surface area contributed by atoms with Crippen molar-refractivity contribution in [3.8, 4) is 11.4 Å². The molecule has 1 unspecified atom stereocenters. The number of halogens is 1. The second kappa shape index (κ2) is 5.61. The molecule has 1 atom stereocenters. The lowest BCUT2D eigenvalue weighted by Gasteiger charge is -2.22. The van der Waals surface area contributed by atoms with E-state index in [9.17, 15) is 0 Å². The van der Waals surface area contributed by atoms with E-state index in [1.807, 2.05) is 6.07 Å². The fraction of sp³-hybridized carbons (Fsp3) is 0.500. The van der Waals surface area contributed by atoms with Gasteiger partial charge in [-0.2, -0.15) is 4.98 Å². The molecule has 20 heavy (non-hydrogen) atoms. The van der Waals surface area contributed by atoms with Gasteiger partial charge in [-0.1, -0.05) is 18.5 Å². The van der Waals surface area contributed by atoms with Crippen LogP contribution in [0.15, 0.2) is 27.5 Å². The van der Waals surface area contributed by atoms with Crippen LogP contribution in [-0.4, -0.2) is 28.2 Å². The van der Waals surface area contributed by atoms with Crippen molar-refractivity contribution in [3.05, 3.63) is 28.8 Å². The Morgan fingerprint density at radius 3 is 3.05 bits per heavy atom. The minimum absolute atomic E-state index is 0.000554. The van der Waals surface area contributed by atoms with Gasteiger partial charge in [0, 0.05) is 29.0 Å². The summed E-state index contributed by atoms with van der Waals surface area (Å²) in [6.07, 6.45) is 6.72. The third-order valence-corrected chi connectivity index (χ3v) is 4.25. The molecule has 0 radical (unpaired) electrons. The predicted molar refractivity (Wildman–Crippen MR) is 79.3 cm³/mol. The Balaban J connectivity index is 1.93. The van der Waals surface area contributed by atoms with Crippen LogP contribution in [0.5, 0.6) is 0 Å². The molecule has 6 heteroatoms. The molecule has 106 valence electrons. The molecule has 0 aromatic carbocycles. The van der Waals surface area contributed by atoms with Crippen LogP contribution in [0.3, 0.4) is 0 Å². The minimum atomic E-state index is -0.000554. The summed E-state index contributed by atoms with van der Waals surface area (Å²) in [6, 6.07) is 1.95. The molecule has 3 heterocycles. The highest BCUT2D eigenvalue weighted by Crippen LogP contribution is 2.35. The number of hydrogen-bond donors (Lipinski definition) is 1. The van der Waals surface area contributed by atoms with E-state index in [1.54, 1.807) is 12.4 Å². The number of hydrogen-bond acceptors (Lipinski definition) is 5. The van der Waals surface area contributed by atoms with Gasteiger partial charge >= 0.3 is 0 Å². The maximum Gasteiger partial charge on any atom is 0.234 e. The van der Waals surface area contributed by atoms with Crippen LogP contribution in [0.4, 0.5) is 0 Å². The van der Waals surface area contributed by atoms with Gasteiger partial charge in [-0.25, -0.2) is 0 Å². The Bertz CT molecular complexity index is 592. The lowest BCUT2D eigenvalue weighted by atomic mass is 9.82. The molecule has 2 aromatic heterocycles. The molecule has 1 saturated heterocycles. The number of pyridine rings is 1. The van der Waals surface area contributed by atoms with Crippen molar-refractivity contribution in [1.82, 2.24) is 20.4 Å². The molecule has 0 spiro atoms. The highest BCUT2D eigenvalue weighted by Gasteiger charge is 2.40. The summed E-state index contributed by atoms with van der Waals surface area (Å²) in [6.45, 7) is 4.12. The van der Waals surface area contributed by atoms with Crippen molar-refractivity contribution in [2.75, 3.05) is 13.1 Å². The second-order valence-electron chi connectivity index (χ2n) is 5.27. The average Bonchev–Trinajstić information content (AvgIpc) is 3.08. The molecule has 0 bridgehead atoms. The molecule has 1 aliphatic rings. The molecular formula is C14H17BrN4O. The highest BCUT2D eigenvalue weighted by atomic mass is 79.9. The average molecular weight is 337 g/mol. The predicted octanol–water partition coefficient (Wildman–Crippen LogP) is 2.93. The number of aromatic nitrogens is 3. The zero-order valence-corrected chi connectivity index (χ0v) is 13.0. The van der Waals surface area contributed by atoms with Crippen LogP contribution in [0.2, 0.25) is 0 Å². The number of rotatable bonds is 4. The Kier molecular flexibility index (Phi) is 3.85. The molecule has 0 amide bonds. The van der Waals surface area contributed by atoms with E-state index in [0.717, 1.165) is 48.3 Å². The quantitative estimate of drug-likeness (QED) is 0.929. The van der Waals surface area contributed by atoms with Gasteiger partial charge in [-0.05, 0) is 41.4 Å². The van der Waals surface area contributed by atoms with Gasteiger partial charge in [-0.3, -0.25) is 4.98 Å². The van der Waals surface area contributed by atoms with Crippen molar-refractivity contribution < 1.29 is 4.52 Å². The largest absolute Gasteiger partial charge is 0.338 e. The first-order chi connectivity index (χ1) is 9.73. The first-order valence-corrected chi connectivity index (χ1v) is 7.69. The second-order valence-corrected chi connectivity index (χ2v) is 6.19. The molecule has 1 aliphatic heterocycles. The molecule has 5 nitrogen and oxygen atoms in total. The molecule has 0 aliphatic carbocycles. The van der Waals surface area contributed by atoms with Crippen LogP contribution >= 0.6 is 15.9 Å². The molecule has 3 rings (SSSR count). The van der Waals surface area contributed by atoms with E-state index >= 15 is 0 Å². The van der Waals surface area contributed by atoms with E-state index in [1.165, 1.54) is 0 Å². The molecule has 2 aromatic rings. The molecule has 1 fully saturated rings. The van der Waals surface area contributed by atoms with Crippen LogP contribution in [0.25, 0.3) is 11.4 Å². The Hall–Kier alpha value is -1.27. The minimum Gasteiger partial charge on any atom is -0.338 e. The van der Waals surface area contributed by atoms with Crippen molar-refractivity contribution >= 4 is 15.9 Å². The van der Waals surface area contributed by atoms with Gasteiger partial charge in [0.1, 0.15) is 0 Å². The molecule has 1 N–H and O–H groups in total. The van der Waals surface area contributed by atoms with Crippen LogP contribution < -0.4 is 5.32 Å². The van der Waals surface area contributed by atoms with E-state index in [4.69, 9.17) is 4.52 Å². The number of nitrogens with one attached hydrogen (secondary N) is 1. The van der Waals surface area contributed by atoms with E-state index in [0.29, 0.717) is 5.82 Å². The third kappa shape index (κ3) is 2.50. The number of nitrogens with zero attached hydrogens (tertiary/aromatic N) is 3. The summed E-state index contributed by atoms with van der Waals surface area (Å²) in [5.41, 5.74) is 0.867. The zero-order valence-electron chi connectivity index (χ0n) is 11.4. The summed E-state index contributed by atoms with van der Waals surface area (Å²) in [5.74, 6) is 1.36. The summed E-state index contributed by atoms with van der Waals surface area (Å²) >= 11 is 3.41. The topological polar surface area (TPSA) is 63.8 Å². The van der Waals surface area contributed by atoms with Crippen molar-refractivity contribution in [3.63, 3.8) is 0 Å². The van der Waals surface area contributed by atoms with Gasteiger partial charge < -0.3 is 9.84 Å². The van der Waals surface area contributed by atoms with E-state index < -0.39 is 0 Å². The SMILES string of the molecule is CCCC1(c2nc(-c3cncc(Br)c3)no2)CCNC1. The highest BCUT2D eigenvalue weighted by molar-refractivity contribution is 9.10. The zero-order chi connectivity index (χ0) is 14.0. The van der Waals surface area contributed by atoms with Crippen molar-refractivity contribution in [1.29, 1.82) is 0 Å². The third-order valence-electron chi connectivity index (χ3n) is 3.82. The molecular weight excluding hydrogens is 320 g/mol. The Morgan fingerprint density at radius 1 is 1.45 bits per heavy atom. The van der Waals surface area contributed by atoms with Crippen LogP contribution in [0, 0.1) is 0 Å². The monoisotopic (exact) mass is 336 g/mol. The lowest BCUT2D eigenvalue weighted by Crippen LogP contribution is -2.29. The molecule has 0 saturated carbocycles. The van der Waals surface area contributed by atoms with Gasteiger partial charge in [0.15, 0.2) is 0 Å². The van der Waals surface area contributed by atoms with Crippen molar-refractivity contribution in [2.45, 2.75) is 31.6 Å². The van der Waals surface area contributed by atoms with Gasteiger partial charge in [0.25, 0.3) is 0 Å². The fourth-order valence-electron chi connectivity index (χ4n) is 2.82. The summed E-state index contributed by atoms with van der Waals surface area (Å²) in [4.78, 5) is 8.76. The maximum absolute atomic E-state index is 5.55. The summed E-state index contributed by atoms with van der Waals surface area (Å²) in [7, 11) is 0. The van der Waals surface area contributed by atoms with Crippen LogP contribution in [-0.2, 0) is 5.41 Å². The smallest absolute Gasteiger partial charge is 0.234 e. The van der Waals surface area contributed by atoms with Gasteiger partial charge in [0.2, 0.25) is 11.7 Å². The normalized spacial score (nSPS) is 22.3. The van der Waals surface area contributed by atoms with E-state index in [-0.39, 0.29) is 5.41 Å². The van der Waals surface area contributed by atoms with Gasteiger partial charge in [-0.15, -0.1) is 0 Å². The summed E-state index contributed by atoms with van der Waals surface area (Å²) in [5, 5.41) is 7.53. The van der Waals surface area contributed by atoms with E-state index in [2.05, 4.69) is 43.3 Å². The summed E-state index contributed by atoms with van der Waals surface area (Å²) < 4.78 is 6.46. The Labute approximate surface area is 126 Å². The van der Waals surface area contributed by atoms with Crippen LogP contribution in [0.1, 0.15) is 32.1 Å². The lowest BCUT2D eigenvalue weighted by molar-refractivity contribution is 0.277. The van der Waals surface area contributed by atoms with Gasteiger partial charge in [0.05, 0.1) is 5.41 Å². The fourth-order valence-corrected chi connectivity index (χ4v) is 3.18. The standard InChI is InChI=1S/C14H17BrN4O/c1-2-3-14(4-5-16-9-14)13-18-12(19-20-13)10-6-11(15)8-17-7-10/h6-8,16H,2-5,9H2,1H3. The Morgan fingerprint density at radius 2 is 2.35 bits per heavy atom. The maximum atomic E-state index is 5.55.